The zero-order valence-corrected chi connectivity index (χ0v) is 12.8. The Labute approximate surface area is 133 Å². The summed E-state index contributed by atoms with van der Waals surface area (Å²) in [5.74, 6) is 4.50. The molecule has 3 N–H and O–H groups in total. The Hall–Kier alpha value is -2.62. The van der Waals surface area contributed by atoms with E-state index in [-0.39, 0.29) is 12.2 Å². The van der Waals surface area contributed by atoms with Crippen molar-refractivity contribution in [1.29, 1.82) is 0 Å². The molecule has 2 rings (SSSR count). The molecule has 2 aromatic rings. The number of nitrogens with zero attached hydrogens (tertiary/aromatic N) is 1. The lowest BCUT2D eigenvalue weighted by atomic mass is 10.1. The molecule has 1 aromatic heterocycles. The lowest BCUT2D eigenvalue weighted by Gasteiger charge is -2.10. The highest BCUT2D eigenvalue weighted by atomic mass is 16.5. The summed E-state index contributed by atoms with van der Waals surface area (Å²) in [6.07, 6.45) is 1.37. The van der Waals surface area contributed by atoms with Gasteiger partial charge in [-0.3, -0.25) is 4.79 Å². The van der Waals surface area contributed by atoms with Crippen LogP contribution in [-0.4, -0.2) is 35.4 Å². The number of rotatable bonds is 5. The van der Waals surface area contributed by atoms with Crippen molar-refractivity contribution in [3.8, 4) is 11.8 Å². The van der Waals surface area contributed by atoms with Gasteiger partial charge in [0, 0.05) is 30.2 Å². The molecule has 0 fully saturated rings. The van der Waals surface area contributed by atoms with Crippen LogP contribution in [0.4, 0.5) is 0 Å². The number of carboxylic acids is 1. The fraction of sp³-hybridized carbons (Fsp3) is 0.294. The van der Waals surface area contributed by atoms with Crippen LogP contribution in [0, 0.1) is 11.8 Å². The van der Waals surface area contributed by atoms with Gasteiger partial charge in [-0.05, 0) is 25.1 Å². The molecular weight excluding hydrogens is 296 g/mol. The quantitative estimate of drug-likeness (QED) is 0.635. The summed E-state index contributed by atoms with van der Waals surface area (Å²) in [5, 5.41) is 9.52. The first-order valence-electron chi connectivity index (χ1n) is 7.25. The Balaban J connectivity index is 2.47. The molecule has 0 unspecified atom stereocenters. The molecule has 23 heavy (non-hydrogen) atoms. The average Bonchev–Trinajstić information content (AvgIpc) is 2.55. The fourth-order valence-electron chi connectivity index (χ4n) is 2.23. The number of pyridine rings is 1. The third kappa shape index (κ3) is 3.77. The van der Waals surface area contributed by atoms with Crippen LogP contribution in [0.3, 0.4) is 0 Å². The molecule has 0 bridgehead atoms. The van der Waals surface area contributed by atoms with Crippen molar-refractivity contribution in [3.63, 3.8) is 0 Å². The lowest BCUT2D eigenvalue weighted by molar-refractivity contribution is 0.0695. The van der Waals surface area contributed by atoms with Gasteiger partial charge in [0.1, 0.15) is 12.2 Å². The van der Waals surface area contributed by atoms with Gasteiger partial charge >= 0.3 is 5.97 Å². The molecule has 6 heteroatoms. The van der Waals surface area contributed by atoms with E-state index in [1.165, 1.54) is 6.20 Å². The predicted octanol–water partition coefficient (Wildman–Crippen LogP) is 1.05. The Kier molecular flexibility index (Phi) is 5.52. The van der Waals surface area contributed by atoms with E-state index in [0.29, 0.717) is 36.2 Å². The topological polar surface area (TPSA) is 94.5 Å². The number of ether oxygens (including phenoxy) is 1. The van der Waals surface area contributed by atoms with Crippen molar-refractivity contribution in [2.24, 2.45) is 5.73 Å². The molecule has 0 atom stereocenters. The van der Waals surface area contributed by atoms with E-state index in [9.17, 15) is 14.7 Å². The molecule has 0 aliphatic rings. The number of fused-ring (bicyclic) bond motifs is 1. The smallest absolute Gasteiger partial charge is 0.341 e. The summed E-state index contributed by atoms with van der Waals surface area (Å²) in [7, 11) is 0. The molecule has 0 spiro atoms. The molecule has 0 radical (unpaired) electrons. The predicted molar refractivity (Wildman–Crippen MR) is 87.6 cm³/mol. The molecule has 0 amide bonds. The van der Waals surface area contributed by atoms with Gasteiger partial charge in [-0.25, -0.2) is 4.79 Å². The van der Waals surface area contributed by atoms with Crippen LogP contribution in [-0.2, 0) is 11.3 Å². The van der Waals surface area contributed by atoms with Gasteiger partial charge in [0.2, 0.25) is 5.43 Å². The average molecular weight is 314 g/mol. The van der Waals surface area contributed by atoms with E-state index in [4.69, 9.17) is 10.5 Å². The molecule has 1 heterocycles. The van der Waals surface area contributed by atoms with E-state index >= 15 is 0 Å². The number of aromatic carboxylic acids is 1. The Bertz CT molecular complexity index is 843. The Morgan fingerprint density at radius 1 is 1.43 bits per heavy atom. The number of nitrogens with two attached hydrogens (primary N) is 1. The van der Waals surface area contributed by atoms with Gasteiger partial charge in [0.05, 0.1) is 12.1 Å². The fourth-order valence-corrected chi connectivity index (χ4v) is 2.23. The van der Waals surface area contributed by atoms with E-state index < -0.39 is 11.4 Å². The van der Waals surface area contributed by atoms with E-state index in [1.807, 2.05) is 6.92 Å². The number of aryl methyl sites for hydroxylation is 1. The summed E-state index contributed by atoms with van der Waals surface area (Å²) < 4.78 is 6.90. The first-order valence-corrected chi connectivity index (χ1v) is 7.25. The number of hydrogen-bond acceptors (Lipinski definition) is 4. The van der Waals surface area contributed by atoms with Gasteiger partial charge in [-0.1, -0.05) is 11.8 Å². The number of carbonyl (C=O) groups is 1. The van der Waals surface area contributed by atoms with Crippen LogP contribution in [0.1, 0.15) is 22.8 Å². The normalized spacial score (nSPS) is 10.3. The van der Waals surface area contributed by atoms with Crippen molar-refractivity contribution in [1.82, 2.24) is 4.57 Å². The number of benzene rings is 1. The van der Waals surface area contributed by atoms with Crippen LogP contribution in [0.2, 0.25) is 0 Å². The number of hydrogen-bond donors (Lipinski definition) is 2. The van der Waals surface area contributed by atoms with Crippen LogP contribution >= 0.6 is 0 Å². The van der Waals surface area contributed by atoms with Gasteiger partial charge in [-0.15, -0.1) is 0 Å². The highest BCUT2D eigenvalue weighted by Gasteiger charge is 2.14. The summed E-state index contributed by atoms with van der Waals surface area (Å²) in [5.41, 5.74) is 5.89. The van der Waals surface area contributed by atoms with Gasteiger partial charge in [0.25, 0.3) is 0 Å². The SMILES string of the molecule is CCn1cc(C(=O)O)c(=O)c2cc(C#CCOCCN)ccc21. The summed E-state index contributed by atoms with van der Waals surface area (Å²) in [6, 6.07) is 5.19. The third-order valence-electron chi connectivity index (χ3n) is 3.32. The van der Waals surface area contributed by atoms with Crippen molar-refractivity contribution in [2.75, 3.05) is 19.8 Å². The zero-order valence-electron chi connectivity index (χ0n) is 12.8. The van der Waals surface area contributed by atoms with Crippen LogP contribution in [0.15, 0.2) is 29.2 Å². The van der Waals surface area contributed by atoms with Crippen molar-refractivity contribution in [2.45, 2.75) is 13.5 Å². The second kappa shape index (κ2) is 7.58. The summed E-state index contributed by atoms with van der Waals surface area (Å²) >= 11 is 0. The standard InChI is InChI=1S/C17H18N2O4/c1-2-19-11-14(17(21)22)16(20)13-10-12(5-6-15(13)19)4-3-8-23-9-7-18/h5-6,10-11H,2,7-9,18H2,1H3,(H,21,22). The Morgan fingerprint density at radius 3 is 2.87 bits per heavy atom. The van der Waals surface area contributed by atoms with Gasteiger partial charge < -0.3 is 20.1 Å². The maximum atomic E-state index is 12.3. The minimum atomic E-state index is -1.23. The molecular formula is C17H18N2O4. The molecule has 0 aliphatic carbocycles. The first-order chi connectivity index (χ1) is 11.1. The molecule has 1 aromatic carbocycles. The largest absolute Gasteiger partial charge is 0.477 e. The number of aromatic nitrogens is 1. The molecule has 0 saturated heterocycles. The monoisotopic (exact) mass is 314 g/mol. The maximum absolute atomic E-state index is 12.3. The van der Waals surface area contributed by atoms with Crippen LogP contribution < -0.4 is 11.2 Å². The van der Waals surface area contributed by atoms with Gasteiger partial charge in [-0.2, -0.15) is 0 Å². The minimum Gasteiger partial charge on any atom is -0.477 e. The second-order valence-corrected chi connectivity index (χ2v) is 4.84. The van der Waals surface area contributed by atoms with E-state index in [0.717, 1.165) is 0 Å². The van der Waals surface area contributed by atoms with Crippen LogP contribution in [0.5, 0.6) is 0 Å². The maximum Gasteiger partial charge on any atom is 0.341 e. The lowest BCUT2D eigenvalue weighted by Crippen LogP contribution is -2.18. The van der Waals surface area contributed by atoms with E-state index in [1.54, 1.807) is 22.8 Å². The summed E-state index contributed by atoms with van der Waals surface area (Å²) in [6.45, 7) is 3.58. The van der Waals surface area contributed by atoms with Crippen molar-refractivity contribution in [3.05, 3.63) is 45.7 Å². The first kappa shape index (κ1) is 16.7. The van der Waals surface area contributed by atoms with Crippen molar-refractivity contribution < 1.29 is 14.6 Å². The molecule has 0 saturated carbocycles. The molecule has 0 aliphatic heterocycles. The highest BCUT2D eigenvalue weighted by molar-refractivity contribution is 5.92. The molecule has 6 nitrogen and oxygen atoms in total. The van der Waals surface area contributed by atoms with Gasteiger partial charge in [0.15, 0.2) is 0 Å². The Morgan fingerprint density at radius 2 is 2.22 bits per heavy atom. The zero-order chi connectivity index (χ0) is 16.8. The highest BCUT2D eigenvalue weighted by Crippen LogP contribution is 2.14. The van der Waals surface area contributed by atoms with Crippen molar-refractivity contribution >= 4 is 16.9 Å². The third-order valence-corrected chi connectivity index (χ3v) is 3.32. The second-order valence-electron chi connectivity index (χ2n) is 4.84. The summed E-state index contributed by atoms with van der Waals surface area (Å²) in [4.78, 5) is 23.5. The van der Waals surface area contributed by atoms with Crippen LogP contribution in [0.25, 0.3) is 10.9 Å². The minimum absolute atomic E-state index is 0.240. The van der Waals surface area contributed by atoms with E-state index in [2.05, 4.69) is 11.8 Å². The molecule has 120 valence electrons. The number of carboxylic acid groups (broad SMARTS) is 1.